The maximum Gasteiger partial charge on any atom is 0.224 e. The first-order chi connectivity index (χ1) is 10.3. The van der Waals surface area contributed by atoms with Gasteiger partial charge in [-0.1, -0.05) is 30.3 Å². The average molecular weight is 285 g/mol. The summed E-state index contributed by atoms with van der Waals surface area (Å²) < 4.78 is 10.6. The molecule has 2 aromatic carbocycles. The Morgan fingerprint density at radius 3 is 2.38 bits per heavy atom. The lowest BCUT2D eigenvalue weighted by Gasteiger charge is -2.08. The third kappa shape index (κ3) is 5.18. The van der Waals surface area contributed by atoms with Crippen molar-refractivity contribution in [2.24, 2.45) is 0 Å². The van der Waals surface area contributed by atoms with E-state index < -0.39 is 0 Å². The first kappa shape index (κ1) is 14.9. The minimum absolute atomic E-state index is 0.0168. The summed E-state index contributed by atoms with van der Waals surface area (Å²) in [5, 5.41) is 2.83. The molecule has 1 amide bonds. The zero-order valence-electron chi connectivity index (χ0n) is 12.0. The summed E-state index contributed by atoms with van der Waals surface area (Å²) in [6, 6.07) is 17.0. The Morgan fingerprint density at radius 1 is 1.00 bits per heavy atom. The minimum atomic E-state index is -0.0168. The van der Waals surface area contributed by atoms with Gasteiger partial charge in [-0.25, -0.2) is 0 Å². The van der Waals surface area contributed by atoms with Gasteiger partial charge >= 0.3 is 0 Å². The monoisotopic (exact) mass is 285 g/mol. The van der Waals surface area contributed by atoms with E-state index in [9.17, 15) is 4.79 Å². The number of hydrogen-bond donors (Lipinski definition) is 1. The number of amides is 1. The van der Waals surface area contributed by atoms with Gasteiger partial charge in [0.15, 0.2) is 0 Å². The Hall–Kier alpha value is -2.49. The molecule has 0 saturated heterocycles. The molecule has 2 rings (SSSR count). The fourth-order valence-corrected chi connectivity index (χ4v) is 1.87. The van der Waals surface area contributed by atoms with Crippen LogP contribution in [-0.2, 0) is 11.2 Å². The van der Waals surface area contributed by atoms with Crippen LogP contribution in [0.15, 0.2) is 54.6 Å². The summed E-state index contributed by atoms with van der Waals surface area (Å²) in [5.41, 5.74) is 0.956. The van der Waals surface area contributed by atoms with E-state index in [4.69, 9.17) is 9.47 Å². The van der Waals surface area contributed by atoms with Crippen LogP contribution in [0.3, 0.4) is 0 Å². The van der Waals surface area contributed by atoms with Crippen molar-refractivity contribution < 1.29 is 14.3 Å². The number of ether oxygens (including phenoxy) is 2. The summed E-state index contributed by atoms with van der Waals surface area (Å²) in [6.07, 6.45) is 0.356. The Morgan fingerprint density at radius 2 is 1.71 bits per heavy atom. The van der Waals surface area contributed by atoms with E-state index in [1.165, 1.54) is 0 Å². The second kappa shape index (κ2) is 7.94. The standard InChI is InChI=1S/C17H19NO3/c1-20-15-9-7-14(8-10-15)13-17(19)18-11-12-21-16-5-3-2-4-6-16/h2-10H,11-13H2,1H3,(H,18,19). The van der Waals surface area contributed by atoms with Crippen LogP contribution < -0.4 is 14.8 Å². The number of carbonyl (C=O) groups is 1. The largest absolute Gasteiger partial charge is 0.497 e. The summed E-state index contributed by atoms with van der Waals surface area (Å²) in [5.74, 6) is 1.58. The quantitative estimate of drug-likeness (QED) is 0.795. The van der Waals surface area contributed by atoms with Gasteiger partial charge in [0.1, 0.15) is 18.1 Å². The Labute approximate surface area is 124 Å². The Kier molecular flexibility index (Phi) is 5.64. The topological polar surface area (TPSA) is 47.6 Å². The van der Waals surface area contributed by atoms with Gasteiger partial charge in [0.05, 0.1) is 20.1 Å². The van der Waals surface area contributed by atoms with Crippen LogP contribution in [0.2, 0.25) is 0 Å². The molecule has 2 aromatic rings. The third-order valence-corrected chi connectivity index (χ3v) is 2.96. The molecule has 0 atom stereocenters. The maximum absolute atomic E-state index is 11.8. The zero-order chi connectivity index (χ0) is 14.9. The Balaban J connectivity index is 1.67. The van der Waals surface area contributed by atoms with Crippen LogP contribution in [0, 0.1) is 0 Å². The molecule has 0 fully saturated rings. The highest BCUT2D eigenvalue weighted by Gasteiger charge is 2.03. The average Bonchev–Trinajstić information content (AvgIpc) is 2.53. The molecule has 110 valence electrons. The number of methoxy groups -OCH3 is 1. The number of para-hydroxylation sites is 1. The molecule has 1 N–H and O–H groups in total. The van der Waals surface area contributed by atoms with Gasteiger partial charge in [-0.3, -0.25) is 4.79 Å². The molecular formula is C17H19NO3. The van der Waals surface area contributed by atoms with Crippen molar-refractivity contribution >= 4 is 5.91 Å². The van der Waals surface area contributed by atoms with Crippen LogP contribution >= 0.6 is 0 Å². The maximum atomic E-state index is 11.8. The summed E-state index contributed by atoms with van der Waals surface area (Å²) in [4.78, 5) is 11.8. The Bertz CT molecular complexity index is 552. The van der Waals surface area contributed by atoms with E-state index in [1.54, 1.807) is 7.11 Å². The molecule has 0 unspecified atom stereocenters. The number of rotatable bonds is 7. The lowest BCUT2D eigenvalue weighted by atomic mass is 10.1. The first-order valence-corrected chi connectivity index (χ1v) is 6.85. The summed E-state index contributed by atoms with van der Waals surface area (Å²) in [7, 11) is 1.62. The van der Waals surface area contributed by atoms with Crippen molar-refractivity contribution in [2.75, 3.05) is 20.3 Å². The van der Waals surface area contributed by atoms with Gasteiger partial charge in [0.25, 0.3) is 0 Å². The van der Waals surface area contributed by atoms with Gasteiger partial charge in [-0.2, -0.15) is 0 Å². The van der Waals surface area contributed by atoms with Gasteiger partial charge in [0, 0.05) is 0 Å². The molecule has 0 aliphatic carbocycles. The molecule has 0 spiro atoms. The summed E-state index contributed by atoms with van der Waals surface area (Å²) >= 11 is 0. The van der Waals surface area contributed by atoms with Crippen molar-refractivity contribution in [3.05, 3.63) is 60.2 Å². The second-order valence-corrected chi connectivity index (χ2v) is 4.54. The van der Waals surface area contributed by atoms with Crippen molar-refractivity contribution in [3.63, 3.8) is 0 Å². The highest BCUT2D eigenvalue weighted by molar-refractivity contribution is 5.78. The van der Waals surface area contributed by atoms with Gasteiger partial charge < -0.3 is 14.8 Å². The molecule has 0 aliphatic rings. The lowest BCUT2D eigenvalue weighted by Crippen LogP contribution is -2.29. The summed E-state index contributed by atoms with van der Waals surface area (Å²) in [6.45, 7) is 0.947. The van der Waals surface area contributed by atoms with Crippen LogP contribution in [0.5, 0.6) is 11.5 Å². The first-order valence-electron chi connectivity index (χ1n) is 6.85. The van der Waals surface area contributed by atoms with Gasteiger partial charge in [-0.05, 0) is 29.8 Å². The van der Waals surface area contributed by atoms with Crippen molar-refractivity contribution in [1.29, 1.82) is 0 Å². The number of hydrogen-bond acceptors (Lipinski definition) is 3. The SMILES string of the molecule is COc1ccc(CC(=O)NCCOc2ccccc2)cc1. The van der Waals surface area contributed by atoms with Gasteiger partial charge in [-0.15, -0.1) is 0 Å². The van der Waals surface area contributed by atoms with Crippen molar-refractivity contribution in [1.82, 2.24) is 5.32 Å². The number of benzene rings is 2. The number of carbonyl (C=O) groups excluding carboxylic acids is 1. The van der Waals surface area contributed by atoms with E-state index in [0.29, 0.717) is 19.6 Å². The highest BCUT2D eigenvalue weighted by Crippen LogP contribution is 2.11. The molecule has 0 heterocycles. The van der Waals surface area contributed by atoms with Crippen LogP contribution in [0.1, 0.15) is 5.56 Å². The van der Waals surface area contributed by atoms with Crippen LogP contribution in [-0.4, -0.2) is 26.2 Å². The molecule has 0 bridgehead atoms. The molecule has 4 nitrogen and oxygen atoms in total. The molecule has 0 saturated carbocycles. The molecule has 21 heavy (non-hydrogen) atoms. The normalized spacial score (nSPS) is 9.95. The lowest BCUT2D eigenvalue weighted by molar-refractivity contribution is -0.120. The molecule has 4 heteroatoms. The van der Waals surface area contributed by atoms with Crippen LogP contribution in [0.4, 0.5) is 0 Å². The second-order valence-electron chi connectivity index (χ2n) is 4.54. The van der Waals surface area contributed by atoms with Crippen molar-refractivity contribution in [3.8, 4) is 11.5 Å². The fraction of sp³-hybridized carbons (Fsp3) is 0.235. The predicted molar refractivity (Wildman–Crippen MR) is 81.6 cm³/mol. The zero-order valence-corrected chi connectivity index (χ0v) is 12.0. The smallest absolute Gasteiger partial charge is 0.224 e. The van der Waals surface area contributed by atoms with Crippen LogP contribution in [0.25, 0.3) is 0 Å². The van der Waals surface area contributed by atoms with Crippen molar-refractivity contribution in [2.45, 2.75) is 6.42 Å². The van der Waals surface area contributed by atoms with E-state index in [1.807, 2.05) is 54.6 Å². The van der Waals surface area contributed by atoms with E-state index >= 15 is 0 Å². The molecule has 0 aliphatic heterocycles. The predicted octanol–water partition coefficient (Wildman–Crippen LogP) is 2.43. The van der Waals surface area contributed by atoms with E-state index in [0.717, 1.165) is 17.1 Å². The number of nitrogens with one attached hydrogen (secondary N) is 1. The highest BCUT2D eigenvalue weighted by atomic mass is 16.5. The molecular weight excluding hydrogens is 266 g/mol. The fourth-order valence-electron chi connectivity index (χ4n) is 1.87. The molecule has 0 radical (unpaired) electrons. The third-order valence-electron chi connectivity index (χ3n) is 2.96. The van der Waals surface area contributed by atoms with E-state index in [-0.39, 0.29) is 5.91 Å². The molecule has 0 aromatic heterocycles. The van der Waals surface area contributed by atoms with E-state index in [2.05, 4.69) is 5.32 Å². The van der Waals surface area contributed by atoms with Gasteiger partial charge in [0.2, 0.25) is 5.91 Å². The minimum Gasteiger partial charge on any atom is -0.497 e.